The minimum Gasteiger partial charge on any atom is -0.382 e. The van der Waals surface area contributed by atoms with Gasteiger partial charge in [-0.25, -0.2) is 8.42 Å². The molecule has 2 heterocycles. The first-order valence-electron chi connectivity index (χ1n) is 6.87. The van der Waals surface area contributed by atoms with Crippen LogP contribution >= 0.6 is 11.5 Å². The first kappa shape index (κ1) is 15.5. The highest BCUT2D eigenvalue weighted by molar-refractivity contribution is 7.91. The predicted octanol–water partition coefficient (Wildman–Crippen LogP) is 1.05. The molecule has 0 aliphatic carbocycles. The van der Waals surface area contributed by atoms with E-state index in [2.05, 4.69) is 28.0 Å². The van der Waals surface area contributed by atoms with Crippen LogP contribution in [0.2, 0.25) is 0 Å². The first-order chi connectivity index (χ1) is 9.40. The molecule has 1 aliphatic rings. The van der Waals surface area contributed by atoms with Crippen LogP contribution in [0, 0.1) is 0 Å². The summed E-state index contributed by atoms with van der Waals surface area (Å²) < 4.78 is 28.5. The molecule has 0 amide bonds. The summed E-state index contributed by atoms with van der Waals surface area (Å²) in [6.07, 6.45) is 0. The second-order valence-corrected chi connectivity index (χ2v) is 8.00. The van der Waals surface area contributed by atoms with Crippen molar-refractivity contribution in [2.75, 3.05) is 42.6 Å². The Hall–Kier alpha value is -0.860. The van der Waals surface area contributed by atoms with E-state index in [4.69, 9.17) is 5.73 Å². The van der Waals surface area contributed by atoms with Crippen LogP contribution in [0.3, 0.4) is 0 Å². The van der Waals surface area contributed by atoms with Gasteiger partial charge in [-0.05, 0) is 25.0 Å². The molecule has 0 aromatic carbocycles. The molecule has 0 saturated carbocycles. The van der Waals surface area contributed by atoms with E-state index in [1.165, 1.54) is 11.5 Å². The maximum atomic E-state index is 12.2. The van der Waals surface area contributed by atoms with E-state index < -0.39 is 9.84 Å². The Morgan fingerprint density at radius 1 is 1.40 bits per heavy atom. The molecule has 0 bridgehead atoms. The molecule has 2 rings (SSSR count). The predicted molar refractivity (Wildman–Crippen MR) is 83.2 cm³/mol. The van der Waals surface area contributed by atoms with Crippen LogP contribution in [0.4, 0.5) is 10.8 Å². The van der Waals surface area contributed by atoms with Gasteiger partial charge in [0.15, 0.2) is 15.7 Å². The van der Waals surface area contributed by atoms with Crippen molar-refractivity contribution >= 4 is 32.2 Å². The zero-order chi connectivity index (χ0) is 14.9. The number of nitrogen functional groups attached to an aromatic ring is 1. The molecule has 20 heavy (non-hydrogen) atoms. The summed E-state index contributed by atoms with van der Waals surface area (Å²) in [5.41, 5.74) is 5.78. The lowest BCUT2D eigenvalue weighted by Gasteiger charge is -2.39. The minimum atomic E-state index is -3.33. The number of hydrogen-bond donors (Lipinski definition) is 1. The van der Waals surface area contributed by atoms with Crippen molar-refractivity contribution in [1.82, 2.24) is 9.27 Å². The molecule has 1 atom stereocenters. The molecule has 6 nitrogen and oxygen atoms in total. The number of piperazine rings is 1. The van der Waals surface area contributed by atoms with Crippen LogP contribution in [-0.2, 0) is 9.84 Å². The Morgan fingerprint density at radius 3 is 2.65 bits per heavy atom. The summed E-state index contributed by atoms with van der Waals surface area (Å²) in [7, 11) is -3.33. The third-order valence-electron chi connectivity index (χ3n) is 3.81. The van der Waals surface area contributed by atoms with Gasteiger partial charge in [0.2, 0.25) is 0 Å². The van der Waals surface area contributed by atoms with E-state index in [1.807, 2.05) is 0 Å². The molecule has 1 aliphatic heterocycles. The summed E-state index contributed by atoms with van der Waals surface area (Å²) in [6, 6.07) is 0.397. The van der Waals surface area contributed by atoms with E-state index >= 15 is 0 Å². The number of sulfone groups is 1. The van der Waals surface area contributed by atoms with Gasteiger partial charge < -0.3 is 10.6 Å². The second kappa shape index (κ2) is 5.87. The van der Waals surface area contributed by atoms with Gasteiger partial charge in [0.25, 0.3) is 0 Å². The summed E-state index contributed by atoms with van der Waals surface area (Å²) in [6.45, 7) is 9.50. The van der Waals surface area contributed by atoms with Crippen molar-refractivity contribution in [3.8, 4) is 0 Å². The number of rotatable bonds is 4. The number of nitrogens with two attached hydrogens (primary N) is 1. The van der Waals surface area contributed by atoms with E-state index in [-0.39, 0.29) is 16.5 Å². The Bertz CT molecular complexity index is 570. The van der Waals surface area contributed by atoms with Crippen LogP contribution in [-0.4, -0.2) is 55.7 Å². The smallest absolute Gasteiger partial charge is 0.184 e. The molecule has 1 aromatic heterocycles. The summed E-state index contributed by atoms with van der Waals surface area (Å²) in [5, 5.41) is 0.701. The van der Waals surface area contributed by atoms with Crippen molar-refractivity contribution < 1.29 is 8.42 Å². The van der Waals surface area contributed by atoms with Crippen molar-refractivity contribution in [2.45, 2.75) is 31.7 Å². The van der Waals surface area contributed by atoms with Crippen LogP contribution in [0.5, 0.6) is 0 Å². The summed E-state index contributed by atoms with van der Waals surface area (Å²) >= 11 is 1.19. The number of likely N-dealkylation sites (N-methyl/N-ethyl adjacent to an activating group) is 1. The highest BCUT2D eigenvalue weighted by Crippen LogP contribution is 2.36. The van der Waals surface area contributed by atoms with Gasteiger partial charge in [-0.2, -0.15) is 4.37 Å². The van der Waals surface area contributed by atoms with Gasteiger partial charge in [-0.3, -0.25) is 4.90 Å². The van der Waals surface area contributed by atoms with Gasteiger partial charge in [-0.15, -0.1) is 0 Å². The first-order valence-corrected chi connectivity index (χ1v) is 9.30. The van der Waals surface area contributed by atoms with Crippen molar-refractivity contribution in [2.24, 2.45) is 0 Å². The maximum absolute atomic E-state index is 12.2. The second-order valence-electron chi connectivity index (χ2n) is 5.03. The number of aromatic nitrogens is 1. The summed E-state index contributed by atoms with van der Waals surface area (Å²) in [5.74, 6) is 0.185. The van der Waals surface area contributed by atoms with Crippen LogP contribution in [0.15, 0.2) is 4.90 Å². The molecule has 0 spiro atoms. The lowest BCUT2D eigenvalue weighted by Crippen LogP contribution is -2.51. The molecule has 1 saturated heterocycles. The van der Waals surface area contributed by atoms with Crippen LogP contribution < -0.4 is 10.6 Å². The fourth-order valence-electron chi connectivity index (χ4n) is 2.57. The SMILES string of the molecule is CCN1CCN(c2snc(N)c2S(=O)(=O)CC)CC1C. The number of hydrogen-bond acceptors (Lipinski definition) is 7. The molecular weight excluding hydrogens is 296 g/mol. The monoisotopic (exact) mass is 318 g/mol. The van der Waals surface area contributed by atoms with E-state index in [0.717, 1.165) is 26.2 Å². The summed E-state index contributed by atoms with van der Waals surface area (Å²) in [4.78, 5) is 4.71. The van der Waals surface area contributed by atoms with Crippen molar-refractivity contribution in [1.29, 1.82) is 0 Å². The standard InChI is InChI=1S/C12H22N4O2S2/c1-4-15-6-7-16(8-9(15)3)12-10(11(13)14-19-12)20(17,18)5-2/h9H,4-8H2,1-3H3,(H2,13,14). The Balaban J connectivity index is 2.32. The van der Waals surface area contributed by atoms with Gasteiger partial charge in [0, 0.05) is 25.7 Å². The molecule has 114 valence electrons. The topological polar surface area (TPSA) is 79.5 Å². The Labute approximate surface area is 124 Å². The van der Waals surface area contributed by atoms with E-state index in [1.54, 1.807) is 6.92 Å². The van der Waals surface area contributed by atoms with Gasteiger partial charge in [0.1, 0.15) is 9.90 Å². The molecular formula is C12H22N4O2S2. The lowest BCUT2D eigenvalue weighted by atomic mass is 10.2. The quantitative estimate of drug-likeness (QED) is 0.894. The minimum absolute atomic E-state index is 0.0487. The van der Waals surface area contributed by atoms with Crippen molar-refractivity contribution in [3.63, 3.8) is 0 Å². The molecule has 1 aromatic rings. The van der Waals surface area contributed by atoms with E-state index in [0.29, 0.717) is 11.0 Å². The lowest BCUT2D eigenvalue weighted by molar-refractivity contribution is 0.199. The van der Waals surface area contributed by atoms with Crippen molar-refractivity contribution in [3.05, 3.63) is 0 Å². The van der Waals surface area contributed by atoms with Gasteiger partial charge >= 0.3 is 0 Å². The average molecular weight is 318 g/mol. The van der Waals surface area contributed by atoms with Gasteiger partial charge in [-0.1, -0.05) is 13.8 Å². The number of anilines is 2. The highest BCUT2D eigenvalue weighted by Gasteiger charge is 2.30. The molecule has 8 heteroatoms. The largest absolute Gasteiger partial charge is 0.382 e. The zero-order valence-electron chi connectivity index (χ0n) is 12.2. The third kappa shape index (κ3) is 2.77. The van der Waals surface area contributed by atoms with Gasteiger partial charge in [0.05, 0.1) is 5.75 Å². The molecule has 1 unspecified atom stereocenters. The molecule has 2 N–H and O–H groups in total. The fraction of sp³-hybridized carbons (Fsp3) is 0.750. The average Bonchev–Trinajstić information content (AvgIpc) is 2.81. The maximum Gasteiger partial charge on any atom is 0.184 e. The Kier molecular flexibility index (Phi) is 4.55. The van der Waals surface area contributed by atoms with Crippen LogP contribution in [0.1, 0.15) is 20.8 Å². The number of nitrogens with zero attached hydrogens (tertiary/aromatic N) is 3. The van der Waals surface area contributed by atoms with Crippen LogP contribution in [0.25, 0.3) is 0 Å². The Morgan fingerprint density at radius 2 is 2.10 bits per heavy atom. The third-order valence-corrected chi connectivity index (χ3v) is 6.64. The molecule has 0 radical (unpaired) electrons. The highest BCUT2D eigenvalue weighted by atomic mass is 32.2. The van der Waals surface area contributed by atoms with E-state index in [9.17, 15) is 8.42 Å². The zero-order valence-corrected chi connectivity index (χ0v) is 13.8. The molecule has 1 fully saturated rings. The fourth-order valence-corrected chi connectivity index (χ4v) is 4.92. The normalized spacial score (nSPS) is 21.4.